The molecule has 0 amide bonds. The normalized spacial score (nSPS) is 10.0. The summed E-state index contributed by atoms with van der Waals surface area (Å²) >= 11 is 0. The summed E-state index contributed by atoms with van der Waals surface area (Å²) in [5.41, 5.74) is 0. The van der Waals surface area contributed by atoms with E-state index >= 15 is 0 Å². The third kappa shape index (κ3) is 52.3. The summed E-state index contributed by atoms with van der Waals surface area (Å²) in [7, 11) is 0. The van der Waals surface area contributed by atoms with Crippen LogP contribution >= 0.6 is 0 Å². The van der Waals surface area contributed by atoms with Crippen molar-refractivity contribution >= 4 is 51.4 Å². The average molecular weight is 123 g/mol. The van der Waals surface area contributed by atoms with Crippen LogP contribution in [0.4, 0.5) is 13.2 Å². The van der Waals surface area contributed by atoms with Gasteiger partial charge in [0.1, 0.15) is 0 Å². The third-order valence-corrected chi connectivity index (χ3v) is 0. The molecule has 0 atom stereocenters. The zero-order valence-corrected chi connectivity index (χ0v) is 2.34. The maximum absolute atomic E-state index is 10.2. The van der Waals surface area contributed by atoms with Crippen molar-refractivity contribution in [2.75, 3.05) is 0 Å². The predicted octanol–water partition coefficient (Wildman–Crippen LogP) is 0.734. The fraction of sp³-hybridized carbons (Fsp3) is 0.500. The SMILES string of the molecule is [CH2]C(F)(F)F.[KH]. The quantitative estimate of drug-likeness (QED) is 0.417. The summed E-state index contributed by atoms with van der Waals surface area (Å²) in [4.78, 5) is 0. The summed E-state index contributed by atoms with van der Waals surface area (Å²) in [6.45, 7) is 1.77. The van der Waals surface area contributed by atoms with Gasteiger partial charge in [-0.15, -0.1) is 0 Å². The summed E-state index contributed by atoms with van der Waals surface area (Å²) in [5.74, 6) is 0. The van der Waals surface area contributed by atoms with Gasteiger partial charge in [-0.1, -0.05) is 0 Å². The number of halogens is 3. The Bertz CT molecular complexity index is 24.3. The third-order valence-electron chi connectivity index (χ3n) is 0. The second kappa shape index (κ2) is 3.43. The van der Waals surface area contributed by atoms with Gasteiger partial charge in [0.25, 0.3) is 0 Å². The van der Waals surface area contributed by atoms with Crippen molar-refractivity contribution in [2.24, 2.45) is 0 Å². The Kier molecular flexibility index (Phi) is 5.96. The van der Waals surface area contributed by atoms with Gasteiger partial charge in [-0.25, -0.2) is 0 Å². The van der Waals surface area contributed by atoms with Crippen LogP contribution in [0.15, 0.2) is 0 Å². The number of alkyl halides is 3. The van der Waals surface area contributed by atoms with Crippen LogP contribution in [-0.2, 0) is 0 Å². The molecule has 0 aromatic heterocycles. The molecule has 6 heavy (non-hydrogen) atoms. The first-order valence-electron chi connectivity index (χ1n) is 0.921. The molecule has 1 radical (unpaired) electrons. The van der Waals surface area contributed by atoms with Gasteiger partial charge in [0.2, 0.25) is 0 Å². The zero-order chi connectivity index (χ0) is 4.50. The van der Waals surface area contributed by atoms with E-state index in [-0.39, 0.29) is 51.4 Å². The molecule has 0 aliphatic carbocycles. The first-order chi connectivity index (χ1) is 2.00. The van der Waals surface area contributed by atoms with Crippen LogP contribution in [0.1, 0.15) is 0 Å². The van der Waals surface area contributed by atoms with Gasteiger partial charge in [0.05, 0.1) is 6.92 Å². The first kappa shape index (κ1) is 10.4. The molecule has 0 aliphatic heterocycles. The van der Waals surface area contributed by atoms with Crippen LogP contribution in [0.25, 0.3) is 0 Å². The van der Waals surface area contributed by atoms with Crippen LogP contribution in [0.5, 0.6) is 0 Å². The van der Waals surface area contributed by atoms with E-state index in [2.05, 4.69) is 0 Å². The molecule has 0 aliphatic rings. The minimum absolute atomic E-state index is 0. The molecule has 0 saturated heterocycles. The van der Waals surface area contributed by atoms with Crippen molar-refractivity contribution in [3.8, 4) is 0 Å². The Morgan fingerprint density at radius 2 is 1.17 bits per heavy atom. The summed E-state index contributed by atoms with van der Waals surface area (Å²) in [6.07, 6.45) is -4.25. The van der Waals surface area contributed by atoms with E-state index in [1.807, 2.05) is 0 Å². The summed E-state index contributed by atoms with van der Waals surface area (Å²) < 4.78 is 30.7. The molecule has 0 nitrogen and oxygen atoms in total. The van der Waals surface area contributed by atoms with Crippen molar-refractivity contribution in [3.63, 3.8) is 0 Å². The standard InChI is InChI=1S/C2H2F3.K.H/c1-2(3,4)5;;/h1H2;;. The van der Waals surface area contributed by atoms with Gasteiger partial charge >= 0.3 is 57.6 Å². The first-order valence-corrected chi connectivity index (χ1v) is 0.921. The van der Waals surface area contributed by atoms with Crippen molar-refractivity contribution in [2.45, 2.75) is 6.18 Å². The molecule has 0 aromatic carbocycles. The van der Waals surface area contributed by atoms with Crippen LogP contribution in [-0.4, -0.2) is 57.6 Å². The fourth-order valence-electron chi connectivity index (χ4n) is 0. The van der Waals surface area contributed by atoms with Crippen molar-refractivity contribution in [1.29, 1.82) is 0 Å². The Morgan fingerprint density at radius 1 is 1.17 bits per heavy atom. The second-order valence-corrected chi connectivity index (χ2v) is 0.615. The molecule has 0 rings (SSSR count). The molecule has 0 N–H and O–H groups in total. The maximum atomic E-state index is 10.2. The molecule has 0 fully saturated rings. The van der Waals surface area contributed by atoms with E-state index < -0.39 is 6.18 Å². The van der Waals surface area contributed by atoms with Gasteiger partial charge in [-0.2, -0.15) is 13.2 Å². The molecular weight excluding hydrogens is 120 g/mol. The average Bonchev–Trinajstić information content (AvgIpc) is 0.722. The zero-order valence-electron chi connectivity index (χ0n) is 2.34. The Hall–Kier alpha value is 1.43. The monoisotopic (exact) mass is 123 g/mol. The van der Waals surface area contributed by atoms with Crippen LogP contribution in [0.2, 0.25) is 0 Å². The molecule has 0 aromatic rings. The van der Waals surface area contributed by atoms with Crippen LogP contribution in [0.3, 0.4) is 0 Å². The molecule has 0 bridgehead atoms. The minimum atomic E-state index is -4.25. The van der Waals surface area contributed by atoms with E-state index in [9.17, 15) is 13.2 Å². The molecule has 0 spiro atoms. The summed E-state index contributed by atoms with van der Waals surface area (Å²) in [5, 5.41) is 0. The number of hydrogen-bond donors (Lipinski definition) is 0. The van der Waals surface area contributed by atoms with Gasteiger partial charge in [-0.05, 0) is 0 Å². The Balaban J connectivity index is 0. The van der Waals surface area contributed by atoms with E-state index in [1.54, 1.807) is 6.92 Å². The van der Waals surface area contributed by atoms with E-state index in [0.29, 0.717) is 0 Å². The van der Waals surface area contributed by atoms with Gasteiger partial charge < -0.3 is 0 Å². The second-order valence-electron chi connectivity index (χ2n) is 0.615. The predicted molar refractivity (Wildman–Crippen MR) is 18.6 cm³/mol. The molecule has 33 valence electrons. The van der Waals surface area contributed by atoms with Crippen LogP contribution < -0.4 is 0 Å². The fourth-order valence-corrected chi connectivity index (χ4v) is 0. The van der Waals surface area contributed by atoms with Crippen molar-refractivity contribution < 1.29 is 13.2 Å². The topological polar surface area (TPSA) is 0 Å². The van der Waals surface area contributed by atoms with E-state index in [1.165, 1.54) is 0 Å². The summed E-state index contributed by atoms with van der Waals surface area (Å²) in [6, 6.07) is 0. The molecule has 4 heteroatoms. The van der Waals surface area contributed by atoms with Gasteiger partial charge in [0, 0.05) is 0 Å². The van der Waals surface area contributed by atoms with Gasteiger partial charge in [0.15, 0.2) is 0 Å². The van der Waals surface area contributed by atoms with Crippen LogP contribution in [0, 0.1) is 6.92 Å². The molecular formula is C2H3F3K. The van der Waals surface area contributed by atoms with E-state index in [4.69, 9.17) is 0 Å². The van der Waals surface area contributed by atoms with E-state index in [0.717, 1.165) is 0 Å². The van der Waals surface area contributed by atoms with Crippen molar-refractivity contribution in [1.82, 2.24) is 0 Å². The number of rotatable bonds is 0. The Morgan fingerprint density at radius 3 is 1.17 bits per heavy atom. The van der Waals surface area contributed by atoms with Crippen molar-refractivity contribution in [3.05, 3.63) is 6.92 Å². The van der Waals surface area contributed by atoms with Gasteiger partial charge in [-0.3, -0.25) is 0 Å². The molecule has 0 heterocycles. The molecule has 0 saturated carbocycles. The number of hydrogen-bond acceptors (Lipinski definition) is 0. The molecule has 0 unspecified atom stereocenters. The Labute approximate surface area is 76.5 Å².